The predicted octanol–water partition coefficient (Wildman–Crippen LogP) is 1.70. The molecule has 19 heavy (non-hydrogen) atoms. The molecular weight excluding hydrogens is 240 g/mol. The first-order valence-electron chi connectivity index (χ1n) is 6.55. The van der Waals surface area contributed by atoms with Crippen LogP contribution in [0.2, 0.25) is 0 Å². The molecule has 0 aliphatic heterocycles. The third-order valence-corrected chi connectivity index (χ3v) is 3.39. The molecule has 1 unspecified atom stereocenters. The SMILES string of the molecule is O=C(CC1C=CCC1)NCc1nnc2ccccn12. The third-order valence-electron chi connectivity index (χ3n) is 3.39. The summed E-state index contributed by atoms with van der Waals surface area (Å²) in [7, 11) is 0. The number of hydrogen-bond donors (Lipinski definition) is 1. The monoisotopic (exact) mass is 256 g/mol. The predicted molar refractivity (Wildman–Crippen MR) is 71.3 cm³/mol. The largest absolute Gasteiger partial charge is 0.349 e. The van der Waals surface area contributed by atoms with Gasteiger partial charge in [0.15, 0.2) is 11.5 Å². The lowest BCUT2D eigenvalue weighted by Gasteiger charge is -2.07. The van der Waals surface area contributed by atoms with Crippen LogP contribution in [0.15, 0.2) is 36.5 Å². The highest BCUT2D eigenvalue weighted by Gasteiger charge is 2.14. The fourth-order valence-corrected chi connectivity index (χ4v) is 2.36. The molecule has 1 aliphatic carbocycles. The van der Waals surface area contributed by atoms with Crippen LogP contribution < -0.4 is 5.32 Å². The van der Waals surface area contributed by atoms with Gasteiger partial charge in [-0.25, -0.2) is 0 Å². The van der Waals surface area contributed by atoms with E-state index in [1.54, 1.807) is 0 Å². The van der Waals surface area contributed by atoms with Crippen molar-refractivity contribution in [3.63, 3.8) is 0 Å². The van der Waals surface area contributed by atoms with Crippen molar-refractivity contribution in [3.8, 4) is 0 Å². The summed E-state index contributed by atoms with van der Waals surface area (Å²) in [6.07, 6.45) is 8.91. The minimum absolute atomic E-state index is 0.0734. The second-order valence-corrected chi connectivity index (χ2v) is 4.79. The summed E-state index contributed by atoms with van der Waals surface area (Å²) in [4.78, 5) is 11.8. The number of allylic oxidation sites excluding steroid dienone is 2. The summed E-state index contributed by atoms with van der Waals surface area (Å²) in [6.45, 7) is 0.417. The van der Waals surface area contributed by atoms with E-state index in [4.69, 9.17) is 0 Å². The van der Waals surface area contributed by atoms with E-state index in [-0.39, 0.29) is 5.91 Å². The first-order chi connectivity index (χ1) is 9.33. The van der Waals surface area contributed by atoms with Crippen molar-refractivity contribution in [2.24, 2.45) is 5.92 Å². The molecule has 2 aromatic rings. The average molecular weight is 256 g/mol. The molecule has 1 aliphatic rings. The number of fused-ring (bicyclic) bond motifs is 1. The second-order valence-electron chi connectivity index (χ2n) is 4.79. The van der Waals surface area contributed by atoms with Crippen LogP contribution in [0, 0.1) is 5.92 Å². The number of rotatable bonds is 4. The lowest BCUT2D eigenvalue weighted by Crippen LogP contribution is -2.25. The molecule has 1 amide bonds. The van der Waals surface area contributed by atoms with Crippen LogP contribution in [0.3, 0.4) is 0 Å². The number of nitrogens with zero attached hydrogens (tertiary/aromatic N) is 3. The van der Waals surface area contributed by atoms with Crippen LogP contribution in [0.1, 0.15) is 25.1 Å². The molecule has 0 saturated heterocycles. The molecule has 0 aromatic carbocycles. The fraction of sp³-hybridized carbons (Fsp3) is 0.357. The maximum atomic E-state index is 11.8. The maximum Gasteiger partial charge on any atom is 0.220 e. The maximum absolute atomic E-state index is 11.8. The van der Waals surface area contributed by atoms with E-state index in [0.717, 1.165) is 24.3 Å². The van der Waals surface area contributed by atoms with Gasteiger partial charge in [-0.2, -0.15) is 0 Å². The Morgan fingerprint density at radius 2 is 2.37 bits per heavy atom. The Morgan fingerprint density at radius 1 is 1.42 bits per heavy atom. The molecule has 1 atom stereocenters. The van der Waals surface area contributed by atoms with E-state index in [9.17, 15) is 4.79 Å². The minimum Gasteiger partial charge on any atom is -0.349 e. The second kappa shape index (κ2) is 5.22. The Bertz CT molecular complexity index is 617. The van der Waals surface area contributed by atoms with Gasteiger partial charge in [0.25, 0.3) is 0 Å². The van der Waals surface area contributed by atoms with Crippen molar-refractivity contribution in [1.29, 1.82) is 0 Å². The number of carbonyl (C=O) groups excluding carboxylic acids is 1. The first kappa shape index (κ1) is 11.9. The van der Waals surface area contributed by atoms with Gasteiger partial charge in [0.05, 0.1) is 6.54 Å². The number of carbonyl (C=O) groups is 1. The Hall–Kier alpha value is -2.17. The summed E-state index contributed by atoms with van der Waals surface area (Å²) in [5.41, 5.74) is 0.797. The highest BCUT2D eigenvalue weighted by molar-refractivity contribution is 5.76. The summed E-state index contributed by atoms with van der Waals surface area (Å²) < 4.78 is 1.88. The smallest absolute Gasteiger partial charge is 0.220 e. The van der Waals surface area contributed by atoms with Gasteiger partial charge in [0, 0.05) is 12.6 Å². The van der Waals surface area contributed by atoms with Gasteiger partial charge >= 0.3 is 0 Å². The summed E-state index contributed by atoms with van der Waals surface area (Å²) in [5.74, 6) is 1.23. The highest BCUT2D eigenvalue weighted by Crippen LogP contribution is 2.19. The number of aromatic nitrogens is 3. The van der Waals surface area contributed by atoms with Crippen LogP contribution in [-0.4, -0.2) is 20.5 Å². The van der Waals surface area contributed by atoms with Gasteiger partial charge in [0.2, 0.25) is 5.91 Å². The van der Waals surface area contributed by atoms with Crippen LogP contribution >= 0.6 is 0 Å². The molecule has 1 N–H and O–H groups in total. The molecule has 0 saturated carbocycles. The van der Waals surface area contributed by atoms with Crippen LogP contribution in [0.25, 0.3) is 5.65 Å². The molecule has 5 nitrogen and oxygen atoms in total. The van der Waals surface area contributed by atoms with E-state index in [2.05, 4.69) is 27.7 Å². The summed E-state index contributed by atoms with van der Waals surface area (Å²) in [6, 6.07) is 5.73. The first-order valence-corrected chi connectivity index (χ1v) is 6.55. The summed E-state index contributed by atoms with van der Waals surface area (Å²) in [5, 5.41) is 11.0. The van der Waals surface area contributed by atoms with Crippen molar-refractivity contribution in [2.45, 2.75) is 25.8 Å². The molecular formula is C14H16N4O. The molecule has 5 heteroatoms. The van der Waals surface area contributed by atoms with E-state index >= 15 is 0 Å². The van der Waals surface area contributed by atoms with Gasteiger partial charge in [-0.05, 0) is 30.9 Å². The molecule has 2 aromatic heterocycles. The van der Waals surface area contributed by atoms with Crippen molar-refractivity contribution >= 4 is 11.6 Å². The van der Waals surface area contributed by atoms with E-state index in [0.29, 0.717) is 18.9 Å². The molecule has 98 valence electrons. The summed E-state index contributed by atoms with van der Waals surface area (Å²) >= 11 is 0. The highest BCUT2D eigenvalue weighted by atomic mass is 16.1. The fourth-order valence-electron chi connectivity index (χ4n) is 2.36. The quantitative estimate of drug-likeness (QED) is 0.847. The van der Waals surface area contributed by atoms with Gasteiger partial charge in [-0.3, -0.25) is 9.20 Å². The zero-order chi connectivity index (χ0) is 13.1. The van der Waals surface area contributed by atoms with Gasteiger partial charge in [-0.15, -0.1) is 10.2 Å². The number of pyridine rings is 1. The minimum atomic E-state index is 0.0734. The van der Waals surface area contributed by atoms with Gasteiger partial charge in [-0.1, -0.05) is 18.2 Å². The standard InChI is InChI=1S/C14H16N4O/c19-14(9-11-5-1-2-6-11)15-10-13-17-16-12-7-3-4-8-18(12)13/h1,3-5,7-8,11H,2,6,9-10H2,(H,15,19). The zero-order valence-corrected chi connectivity index (χ0v) is 10.6. The zero-order valence-electron chi connectivity index (χ0n) is 10.6. The Balaban J connectivity index is 1.59. The normalized spacial score (nSPS) is 18.0. The van der Waals surface area contributed by atoms with Crippen molar-refractivity contribution in [2.75, 3.05) is 0 Å². The Kier molecular flexibility index (Phi) is 3.27. The van der Waals surface area contributed by atoms with E-state index in [1.807, 2.05) is 28.8 Å². The topological polar surface area (TPSA) is 59.3 Å². The molecule has 0 spiro atoms. The molecule has 0 bridgehead atoms. The average Bonchev–Trinajstić information content (AvgIpc) is 3.05. The van der Waals surface area contributed by atoms with Crippen molar-refractivity contribution in [1.82, 2.24) is 19.9 Å². The number of hydrogen-bond acceptors (Lipinski definition) is 3. The van der Waals surface area contributed by atoms with Crippen LogP contribution in [0.5, 0.6) is 0 Å². The van der Waals surface area contributed by atoms with E-state index in [1.165, 1.54) is 0 Å². The Labute approximate surface area is 111 Å². The number of amides is 1. The van der Waals surface area contributed by atoms with Crippen molar-refractivity contribution in [3.05, 3.63) is 42.4 Å². The van der Waals surface area contributed by atoms with Crippen molar-refractivity contribution < 1.29 is 4.79 Å². The Morgan fingerprint density at radius 3 is 3.21 bits per heavy atom. The van der Waals surface area contributed by atoms with Gasteiger partial charge < -0.3 is 5.32 Å². The molecule has 2 heterocycles. The molecule has 0 fully saturated rings. The van der Waals surface area contributed by atoms with Crippen LogP contribution in [0.4, 0.5) is 0 Å². The lowest BCUT2D eigenvalue weighted by molar-refractivity contribution is -0.121. The van der Waals surface area contributed by atoms with E-state index < -0.39 is 0 Å². The molecule has 3 rings (SSSR count). The van der Waals surface area contributed by atoms with Crippen LogP contribution in [-0.2, 0) is 11.3 Å². The molecule has 0 radical (unpaired) electrons. The lowest BCUT2D eigenvalue weighted by atomic mass is 10.1. The van der Waals surface area contributed by atoms with Gasteiger partial charge in [0.1, 0.15) is 0 Å². The third kappa shape index (κ3) is 2.65. The number of nitrogens with one attached hydrogen (secondary N) is 1.